The Morgan fingerprint density at radius 3 is 2.65 bits per heavy atom. The second-order valence-corrected chi connectivity index (χ2v) is 6.86. The monoisotopic (exact) mass is 383 g/mol. The first-order valence-corrected chi connectivity index (χ1v) is 9.10. The maximum Gasteiger partial charge on any atom is 0.333 e. The van der Waals surface area contributed by atoms with Crippen molar-refractivity contribution in [2.24, 2.45) is 0 Å². The highest BCUT2D eigenvalue weighted by atomic mass is 32.1. The molecule has 7 nitrogen and oxygen atoms in total. The average molecular weight is 383 g/mol. The topological polar surface area (TPSA) is 70.5 Å². The highest BCUT2D eigenvalue weighted by molar-refractivity contribution is 7.09. The minimum Gasteiger partial charge on any atom is -0.335 e. The SMILES string of the molecule is O=C(NCc1cccs1)N1CCCN(C(=O)c2ccn(C(F)F)n2)CC1. The van der Waals surface area contributed by atoms with Gasteiger partial charge in [-0.15, -0.1) is 11.3 Å². The van der Waals surface area contributed by atoms with Crippen molar-refractivity contribution in [3.63, 3.8) is 0 Å². The molecule has 0 bridgehead atoms. The van der Waals surface area contributed by atoms with Gasteiger partial charge in [-0.05, 0) is 23.9 Å². The predicted molar refractivity (Wildman–Crippen MR) is 92.1 cm³/mol. The smallest absolute Gasteiger partial charge is 0.333 e. The molecule has 1 aliphatic heterocycles. The third-order valence-corrected chi connectivity index (χ3v) is 4.97. The fraction of sp³-hybridized carbons (Fsp3) is 0.438. The van der Waals surface area contributed by atoms with Gasteiger partial charge in [-0.1, -0.05) is 6.07 Å². The van der Waals surface area contributed by atoms with E-state index >= 15 is 0 Å². The molecule has 0 aliphatic carbocycles. The van der Waals surface area contributed by atoms with Crippen LogP contribution < -0.4 is 5.32 Å². The fourth-order valence-corrected chi connectivity index (χ4v) is 3.38. The summed E-state index contributed by atoms with van der Waals surface area (Å²) in [4.78, 5) is 29.0. The van der Waals surface area contributed by atoms with Crippen LogP contribution in [0.3, 0.4) is 0 Å². The van der Waals surface area contributed by atoms with Crippen molar-refractivity contribution in [2.45, 2.75) is 19.5 Å². The Morgan fingerprint density at radius 1 is 1.19 bits per heavy atom. The van der Waals surface area contributed by atoms with Crippen LogP contribution in [0.15, 0.2) is 29.8 Å². The molecule has 140 valence electrons. The lowest BCUT2D eigenvalue weighted by molar-refractivity contribution is 0.0552. The zero-order chi connectivity index (χ0) is 18.5. The molecule has 0 radical (unpaired) electrons. The number of thiophene rings is 1. The van der Waals surface area contributed by atoms with Gasteiger partial charge in [-0.3, -0.25) is 4.79 Å². The molecule has 3 rings (SSSR count). The first-order valence-electron chi connectivity index (χ1n) is 8.22. The van der Waals surface area contributed by atoms with Gasteiger partial charge in [-0.25, -0.2) is 9.48 Å². The summed E-state index contributed by atoms with van der Waals surface area (Å²) in [7, 11) is 0. The minimum atomic E-state index is -2.77. The summed E-state index contributed by atoms with van der Waals surface area (Å²) in [5.74, 6) is -0.398. The molecule has 2 aromatic rings. The van der Waals surface area contributed by atoms with Crippen molar-refractivity contribution in [1.82, 2.24) is 24.9 Å². The van der Waals surface area contributed by atoms with Gasteiger partial charge in [0.25, 0.3) is 5.91 Å². The number of halogens is 2. The summed E-state index contributed by atoms with van der Waals surface area (Å²) >= 11 is 1.57. The number of amides is 3. The molecule has 3 heterocycles. The van der Waals surface area contributed by atoms with Crippen LogP contribution in [0.2, 0.25) is 0 Å². The van der Waals surface area contributed by atoms with Crippen LogP contribution in [-0.4, -0.2) is 57.7 Å². The predicted octanol–water partition coefficient (Wildman–Crippen LogP) is 2.40. The van der Waals surface area contributed by atoms with E-state index in [-0.39, 0.29) is 11.7 Å². The molecule has 3 amide bonds. The van der Waals surface area contributed by atoms with Crippen LogP contribution in [-0.2, 0) is 6.54 Å². The third kappa shape index (κ3) is 4.37. The first-order chi connectivity index (χ1) is 12.5. The van der Waals surface area contributed by atoms with Crippen LogP contribution in [0.5, 0.6) is 0 Å². The number of alkyl halides is 2. The molecule has 0 atom stereocenters. The number of aromatic nitrogens is 2. The van der Waals surface area contributed by atoms with Gasteiger partial charge in [0.05, 0.1) is 6.54 Å². The summed E-state index contributed by atoms with van der Waals surface area (Å²) in [6, 6.07) is 4.99. The number of hydrogen-bond acceptors (Lipinski definition) is 4. The summed E-state index contributed by atoms with van der Waals surface area (Å²) in [6.07, 6.45) is 1.70. The van der Waals surface area contributed by atoms with E-state index in [2.05, 4.69) is 10.4 Å². The Labute approximate surface area is 153 Å². The molecule has 1 fully saturated rings. The molecule has 0 saturated carbocycles. The summed E-state index contributed by atoms with van der Waals surface area (Å²) in [5, 5.41) is 8.43. The third-order valence-electron chi connectivity index (χ3n) is 4.09. The zero-order valence-corrected chi connectivity index (χ0v) is 14.8. The Kier molecular flexibility index (Phi) is 5.82. The van der Waals surface area contributed by atoms with Crippen molar-refractivity contribution in [3.05, 3.63) is 40.3 Å². The lowest BCUT2D eigenvalue weighted by atomic mass is 10.3. The molecule has 2 aromatic heterocycles. The number of urea groups is 1. The first kappa shape index (κ1) is 18.3. The number of carbonyl (C=O) groups is 2. The van der Waals surface area contributed by atoms with Gasteiger partial charge in [0.1, 0.15) is 0 Å². The molecule has 10 heteroatoms. The fourth-order valence-electron chi connectivity index (χ4n) is 2.73. The number of carbonyl (C=O) groups excluding carboxylic acids is 2. The van der Waals surface area contributed by atoms with E-state index in [1.54, 1.807) is 21.1 Å². The number of nitrogens with zero attached hydrogens (tertiary/aromatic N) is 4. The van der Waals surface area contributed by atoms with Crippen LogP contribution in [0.25, 0.3) is 0 Å². The molecule has 0 spiro atoms. The summed E-state index contributed by atoms with van der Waals surface area (Å²) in [5.41, 5.74) is -0.0131. The van der Waals surface area contributed by atoms with Crippen molar-refractivity contribution in [2.75, 3.05) is 26.2 Å². The number of hydrogen-bond donors (Lipinski definition) is 1. The van der Waals surface area contributed by atoms with Crippen LogP contribution >= 0.6 is 11.3 Å². The molecule has 1 saturated heterocycles. The van der Waals surface area contributed by atoms with Crippen LogP contribution in [0, 0.1) is 0 Å². The summed E-state index contributed by atoms with van der Waals surface area (Å²) in [6.45, 7) is -0.589. The number of rotatable bonds is 4. The molecule has 0 aromatic carbocycles. The van der Waals surface area contributed by atoms with E-state index in [4.69, 9.17) is 0 Å². The lowest BCUT2D eigenvalue weighted by Gasteiger charge is -2.22. The molecule has 1 N–H and O–H groups in total. The summed E-state index contributed by atoms with van der Waals surface area (Å²) < 4.78 is 25.6. The van der Waals surface area contributed by atoms with Gasteiger partial charge >= 0.3 is 12.6 Å². The zero-order valence-electron chi connectivity index (χ0n) is 14.0. The van der Waals surface area contributed by atoms with E-state index in [0.29, 0.717) is 43.8 Å². The van der Waals surface area contributed by atoms with Gasteiger partial charge in [0.15, 0.2) is 5.69 Å². The van der Waals surface area contributed by atoms with E-state index in [1.807, 2.05) is 17.5 Å². The molecule has 1 aliphatic rings. The van der Waals surface area contributed by atoms with E-state index < -0.39 is 12.5 Å². The standard InChI is InChI=1S/C16H19F2N5O2S/c17-15(18)23-7-4-13(20-23)14(24)21-5-2-6-22(9-8-21)16(25)19-11-12-3-1-10-26-12/h1,3-4,7,10,15H,2,5-6,8-9,11H2,(H,19,25). The second-order valence-electron chi connectivity index (χ2n) is 5.83. The maximum atomic E-state index is 12.6. The van der Waals surface area contributed by atoms with Crippen LogP contribution in [0.4, 0.5) is 13.6 Å². The van der Waals surface area contributed by atoms with E-state index in [9.17, 15) is 18.4 Å². The van der Waals surface area contributed by atoms with Crippen molar-refractivity contribution in [3.8, 4) is 0 Å². The molecule has 26 heavy (non-hydrogen) atoms. The lowest BCUT2D eigenvalue weighted by Crippen LogP contribution is -2.42. The average Bonchev–Trinajstić information content (AvgIpc) is 3.26. The normalized spacial score (nSPS) is 15.2. The number of nitrogens with one attached hydrogen (secondary N) is 1. The Morgan fingerprint density at radius 2 is 1.96 bits per heavy atom. The molecular weight excluding hydrogens is 364 g/mol. The van der Waals surface area contributed by atoms with Gasteiger partial charge < -0.3 is 15.1 Å². The highest BCUT2D eigenvalue weighted by Gasteiger charge is 2.24. The minimum absolute atomic E-state index is 0.0131. The van der Waals surface area contributed by atoms with E-state index in [0.717, 1.165) is 11.1 Å². The van der Waals surface area contributed by atoms with Gasteiger partial charge in [-0.2, -0.15) is 13.9 Å². The Balaban J connectivity index is 1.53. The quantitative estimate of drug-likeness (QED) is 0.881. The van der Waals surface area contributed by atoms with Gasteiger partial charge in [0.2, 0.25) is 0 Å². The Bertz CT molecular complexity index is 750. The Hall–Kier alpha value is -2.49. The van der Waals surface area contributed by atoms with Crippen molar-refractivity contribution < 1.29 is 18.4 Å². The molecule has 0 unspecified atom stereocenters. The highest BCUT2D eigenvalue weighted by Crippen LogP contribution is 2.12. The maximum absolute atomic E-state index is 12.6. The van der Waals surface area contributed by atoms with E-state index in [1.165, 1.54) is 6.07 Å². The van der Waals surface area contributed by atoms with Crippen LogP contribution in [0.1, 0.15) is 28.3 Å². The van der Waals surface area contributed by atoms with Crippen molar-refractivity contribution >= 4 is 23.3 Å². The second kappa shape index (κ2) is 8.26. The van der Waals surface area contributed by atoms with Crippen molar-refractivity contribution in [1.29, 1.82) is 0 Å². The van der Waals surface area contributed by atoms with Gasteiger partial charge in [0, 0.05) is 37.3 Å². The molecular formula is C16H19F2N5O2S. The largest absolute Gasteiger partial charge is 0.335 e.